The maximum Gasteiger partial charge on any atom is 0.326 e. The van der Waals surface area contributed by atoms with Crippen molar-refractivity contribution in [3.8, 4) is 17.2 Å². The molecule has 0 unspecified atom stereocenters. The molecule has 0 bridgehead atoms. The summed E-state index contributed by atoms with van der Waals surface area (Å²) >= 11 is 1.46. The molecule has 1 aliphatic heterocycles. The van der Waals surface area contributed by atoms with E-state index >= 15 is 0 Å². The fraction of sp³-hybridized carbons (Fsp3) is 0.375. The molecule has 0 aliphatic carbocycles. The maximum atomic E-state index is 12.6. The molecule has 2 amide bonds. The van der Waals surface area contributed by atoms with Gasteiger partial charge in [-0.25, -0.2) is 4.79 Å². The number of methoxy groups -OCH3 is 2. The Bertz CT molecular complexity index is 1010. The quantitative estimate of drug-likeness (QED) is 0.524. The van der Waals surface area contributed by atoms with E-state index < -0.39 is 24.0 Å². The number of rotatable bonds is 10. The van der Waals surface area contributed by atoms with E-state index in [1.807, 2.05) is 18.2 Å². The molecule has 3 rings (SSSR count). The minimum absolute atomic E-state index is 0.0988. The van der Waals surface area contributed by atoms with Crippen LogP contribution in [0.5, 0.6) is 17.2 Å². The Hall–Kier alpha value is -3.40. The highest BCUT2D eigenvalue weighted by Gasteiger charge is 2.35. The minimum Gasteiger partial charge on any atom is -0.496 e. The second kappa shape index (κ2) is 11.6. The predicted octanol–water partition coefficient (Wildman–Crippen LogP) is 2.32. The number of carbonyl (C=O) groups excluding carboxylic acids is 2. The van der Waals surface area contributed by atoms with Crippen molar-refractivity contribution in [2.75, 3.05) is 25.8 Å². The number of nitrogens with zero attached hydrogens (tertiary/aromatic N) is 1. The number of ether oxygens (including phenoxy) is 3. The standard InChI is InChI=1S/C24H28N2O7S/c1-15(27)26-14-34-13-20(26)23(28)25-19(24(29)30)11-16-7-9-17(10-8-16)33-12-18-21(31-2)5-4-6-22(18)32-3/h4-10,19-20H,11-14H2,1-3H3,(H,25,28)(H,29,30)/t19-,20+/m0/s1. The fourth-order valence-corrected chi connectivity index (χ4v) is 4.84. The molecule has 2 aromatic rings. The Balaban J connectivity index is 1.62. The van der Waals surface area contributed by atoms with Crippen LogP contribution in [0.1, 0.15) is 18.1 Å². The van der Waals surface area contributed by atoms with Gasteiger partial charge in [0.25, 0.3) is 0 Å². The molecule has 1 heterocycles. The van der Waals surface area contributed by atoms with Gasteiger partial charge >= 0.3 is 5.97 Å². The highest BCUT2D eigenvalue weighted by atomic mass is 32.2. The normalized spacial score (nSPS) is 16.0. The Morgan fingerprint density at radius 1 is 1.12 bits per heavy atom. The van der Waals surface area contributed by atoms with Gasteiger partial charge in [0.2, 0.25) is 11.8 Å². The van der Waals surface area contributed by atoms with Gasteiger partial charge in [-0.3, -0.25) is 9.59 Å². The topological polar surface area (TPSA) is 114 Å². The molecule has 0 spiro atoms. The number of nitrogens with one attached hydrogen (secondary N) is 1. The number of carboxylic acid groups (broad SMARTS) is 1. The summed E-state index contributed by atoms with van der Waals surface area (Å²) < 4.78 is 16.6. The second-order valence-corrected chi connectivity index (χ2v) is 8.68. The lowest BCUT2D eigenvalue weighted by molar-refractivity contribution is -0.143. The first-order chi connectivity index (χ1) is 16.3. The van der Waals surface area contributed by atoms with Gasteiger partial charge in [0.15, 0.2) is 0 Å². The third kappa shape index (κ3) is 6.13. The van der Waals surface area contributed by atoms with Crippen LogP contribution in [0.25, 0.3) is 0 Å². The van der Waals surface area contributed by atoms with Crippen LogP contribution in [0, 0.1) is 0 Å². The zero-order chi connectivity index (χ0) is 24.7. The predicted molar refractivity (Wildman–Crippen MR) is 127 cm³/mol. The van der Waals surface area contributed by atoms with Crippen LogP contribution < -0.4 is 19.5 Å². The van der Waals surface area contributed by atoms with Gasteiger partial charge in [-0.1, -0.05) is 18.2 Å². The summed E-state index contributed by atoms with van der Waals surface area (Å²) in [5, 5.41) is 12.2. The third-order valence-electron chi connectivity index (χ3n) is 5.48. The Morgan fingerprint density at radius 3 is 2.32 bits per heavy atom. The number of carboxylic acids is 1. The molecular formula is C24H28N2O7S. The van der Waals surface area contributed by atoms with E-state index in [4.69, 9.17) is 14.2 Å². The lowest BCUT2D eigenvalue weighted by atomic mass is 10.1. The van der Waals surface area contributed by atoms with Crippen LogP contribution in [0.3, 0.4) is 0 Å². The summed E-state index contributed by atoms with van der Waals surface area (Å²) in [6, 6.07) is 10.7. The van der Waals surface area contributed by atoms with E-state index in [0.29, 0.717) is 28.9 Å². The Morgan fingerprint density at radius 2 is 1.76 bits per heavy atom. The number of thioether (sulfide) groups is 1. The number of hydrogen-bond donors (Lipinski definition) is 2. The average Bonchev–Trinajstić information content (AvgIpc) is 3.33. The van der Waals surface area contributed by atoms with E-state index in [1.165, 1.54) is 23.6 Å². The lowest BCUT2D eigenvalue weighted by Gasteiger charge is -2.23. The van der Waals surface area contributed by atoms with Crippen molar-refractivity contribution in [2.45, 2.75) is 32.0 Å². The van der Waals surface area contributed by atoms with E-state index in [2.05, 4.69) is 5.32 Å². The van der Waals surface area contributed by atoms with Gasteiger partial charge in [0.05, 0.1) is 25.7 Å². The molecule has 34 heavy (non-hydrogen) atoms. The summed E-state index contributed by atoms with van der Waals surface area (Å²) in [5.41, 5.74) is 1.49. The van der Waals surface area contributed by atoms with Gasteiger partial charge in [-0.05, 0) is 29.8 Å². The summed E-state index contributed by atoms with van der Waals surface area (Å²) in [4.78, 5) is 37.5. The van der Waals surface area contributed by atoms with Crippen molar-refractivity contribution in [3.05, 3.63) is 53.6 Å². The van der Waals surface area contributed by atoms with E-state index in [1.54, 1.807) is 38.5 Å². The van der Waals surface area contributed by atoms with Gasteiger partial charge in [0, 0.05) is 19.1 Å². The molecule has 1 aliphatic rings. The van der Waals surface area contributed by atoms with Crippen LogP contribution in [0.4, 0.5) is 0 Å². The van der Waals surface area contributed by atoms with Crippen LogP contribution in [0.2, 0.25) is 0 Å². The molecule has 2 N–H and O–H groups in total. The van der Waals surface area contributed by atoms with Crippen molar-refractivity contribution in [1.82, 2.24) is 10.2 Å². The van der Waals surface area contributed by atoms with E-state index in [-0.39, 0.29) is 18.9 Å². The molecule has 10 heteroatoms. The lowest BCUT2D eigenvalue weighted by Crippen LogP contribution is -2.52. The maximum absolute atomic E-state index is 12.6. The molecule has 0 saturated carbocycles. The van der Waals surface area contributed by atoms with E-state index in [9.17, 15) is 19.5 Å². The number of aliphatic carboxylic acids is 1. The number of hydrogen-bond acceptors (Lipinski definition) is 7. The average molecular weight is 489 g/mol. The monoisotopic (exact) mass is 488 g/mol. The fourth-order valence-electron chi connectivity index (χ4n) is 3.62. The van der Waals surface area contributed by atoms with Crippen molar-refractivity contribution in [1.29, 1.82) is 0 Å². The minimum atomic E-state index is -1.14. The highest BCUT2D eigenvalue weighted by Crippen LogP contribution is 2.29. The van der Waals surface area contributed by atoms with Crippen molar-refractivity contribution < 1.29 is 33.7 Å². The van der Waals surface area contributed by atoms with Crippen LogP contribution >= 0.6 is 11.8 Å². The summed E-state index contributed by atoms with van der Waals surface area (Å²) in [5.74, 6) is 0.954. The molecule has 2 aromatic carbocycles. The number of carbonyl (C=O) groups is 3. The van der Waals surface area contributed by atoms with Crippen molar-refractivity contribution in [2.24, 2.45) is 0 Å². The first kappa shape index (κ1) is 25.2. The highest BCUT2D eigenvalue weighted by molar-refractivity contribution is 7.99. The second-order valence-electron chi connectivity index (χ2n) is 7.68. The van der Waals surface area contributed by atoms with E-state index in [0.717, 1.165) is 11.1 Å². The number of benzene rings is 2. The Labute approximate surface area is 202 Å². The van der Waals surface area contributed by atoms with Gasteiger partial charge in [-0.2, -0.15) is 0 Å². The molecule has 9 nitrogen and oxygen atoms in total. The summed E-state index contributed by atoms with van der Waals surface area (Å²) in [6.07, 6.45) is 0.0988. The van der Waals surface area contributed by atoms with Crippen LogP contribution in [-0.2, 0) is 27.4 Å². The molecule has 0 aromatic heterocycles. The molecule has 2 atom stereocenters. The molecule has 0 radical (unpaired) electrons. The zero-order valence-corrected chi connectivity index (χ0v) is 20.1. The van der Waals surface area contributed by atoms with Crippen LogP contribution in [-0.4, -0.2) is 65.7 Å². The third-order valence-corrected chi connectivity index (χ3v) is 6.49. The zero-order valence-electron chi connectivity index (χ0n) is 19.3. The van der Waals surface area contributed by atoms with Crippen LogP contribution in [0.15, 0.2) is 42.5 Å². The SMILES string of the molecule is COc1cccc(OC)c1COc1ccc(C[C@H](NC(=O)[C@H]2CSCN2C(C)=O)C(=O)O)cc1. The number of amides is 2. The molecule has 1 saturated heterocycles. The molecule has 182 valence electrons. The first-order valence-electron chi connectivity index (χ1n) is 10.6. The van der Waals surface area contributed by atoms with Crippen molar-refractivity contribution >= 4 is 29.5 Å². The van der Waals surface area contributed by atoms with Gasteiger partial charge in [-0.15, -0.1) is 11.8 Å². The molecular weight excluding hydrogens is 460 g/mol. The van der Waals surface area contributed by atoms with Gasteiger partial charge in [0.1, 0.15) is 35.9 Å². The Kier molecular flexibility index (Phi) is 8.64. The summed E-state index contributed by atoms with van der Waals surface area (Å²) in [7, 11) is 3.15. The first-order valence-corrected chi connectivity index (χ1v) is 11.8. The largest absolute Gasteiger partial charge is 0.496 e. The van der Waals surface area contributed by atoms with Gasteiger partial charge < -0.3 is 29.5 Å². The summed E-state index contributed by atoms with van der Waals surface area (Å²) in [6.45, 7) is 1.63. The smallest absolute Gasteiger partial charge is 0.326 e. The molecule has 1 fully saturated rings. The van der Waals surface area contributed by atoms with Crippen molar-refractivity contribution in [3.63, 3.8) is 0 Å².